The average Bonchev–Trinajstić information content (AvgIpc) is 2.87. The highest BCUT2D eigenvalue weighted by Gasteiger charge is 2.17. The fraction of sp³-hybridized carbons (Fsp3) is 0.360. The predicted molar refractivity (Wildman–Crippen MR) is 129 cm³/mol. The Morgan fingerprint density at radius 3 is 2.35 bits per heavy atom. The van der Waals surface area contributed by atoms with Crippen LogP contribution in [0, 0.1) is 0 Å². The number of unbranched alkanes of at least 4 members (excludes halogenated alkanes) is 2. The molecule has 2 aromatic carbocycles. The molecule has 0 saturated heterocycles. The number of aryl methyl sites for hydroxylation is 1. The second-order valence-electron chi connectivity index (χ2n) is 7.76. The predicted octanol–water partition coefficient (Wildman–Crippen LogP) is 3.22. The Labute approximate surface area is 198 Å². The van der Waals surface area contributed by atoms with E-state index in [4.69, 9.17) is 9.47 Å². The van der Waals surface area contributed by atoms with E-state index in [0.29, 0.717) is 36.1 Å². The molecule has 0 aliphatic rings. The van der Waals surface area contributed by atoms with E-state index in [1.54, 1.807) is 55.6 Å². The first-order valence-corrected chi connectivity index (χ1v) is 11.4. The van der Waals surface area contributed by atoms with Crippen molar-refractivity contribution < 1.29 is 19.1 Å². The van der Waals surface area contributed by atoms with Crippen LogP contribution in [-0.4, -0.2) is 35.3 Å². The van der Waals surface area contributed by atoms with Gasteiger partial charge in [0.15, 0.2) is 5.69 Å². The summed E-state index contributed by atoms with van der Waals surface area (Å²) >= 11 is 0. The molecular weight excluding hydrogens is 436 g/mol. The van der Waals surface area contributed by atoms with Gasteiger partial charge in [-0.2, -0.15) is 5.10 Å². The Bertz CT molecular complexity index is 1170. The second kappa shape index (κ2) is 12.4. The standard InChI is InChI=1S/C25H30N4O5/c1-3-4-7-16-29-25(32)21-10-6-5-9-20(21)23(28-29)24(31)27-26-22(30)11-8-17-34-19-14-12-18(33-2)13-15-19/h5-6,9-10,12-15H,3-4,7-8,11,16-17H2,1-2H3,(H,26,30)(H,27,31). The summed E-state index contributed by atoms with van der Waals surface area (Å²) in [5, 5.41) is 5.14. The average molecular weight is 467 g/mol. The van der Waals surface area contributed by atoms with Gasteiger partial charge in [0.25, 0.3) is 11.5 Å². The molecule has 0 bridgehead atoms. The molecule has 9 heteroatoms. The molecule has 9 nitrogen and oxygen atoms in total. The summed E-state index contributed by atoms with van der Waals surface area (Å²) in [5.74, 6) is 0.484. The molecule has 0 saturated carbocycles. The van der Waals surface area contributed by atoms with E-state index in [9.17, 15) is 14.4 Å². The van der Waals surface area contributed by atoms with Gasteiger partial charge in [-0.15, -0.1) is 0 Å². The molecule has 0 radical (unpaired) electrons. The highest BCUT2D eigenvalue weighted by Crippen LogP contribution is 2.17. The lowest BCUT2D eigenvalue weighted by molar-refractivity contribution is -0.122. The van der Waals surface area contributed by atoms with Gasteiger partial charge >= 0.3 is 0 Å². The van der Waals surface area contributed by atoms with Gasteiger partial charge in [0.2, 0.25) is 5.91 Å². The largest absolute Gasteiger partial charge is 0.497 e. The van der Waals surface area contributed by atoms with Crippen LogP contribution in [0.4, 0.5) is 0 Å². The van der Waals surface area contributed by atoms with Crippen molar-refractivity contribution in [2.24, 2.45) is 0 Å². The summed E-state index contributed by atoms with van der Waals surface area (Å²) < 4.78 is 12.0. The number of benzene rings is 2. The summed E-state index contributed by atoms with van der Waals surface area (Å²) in [6, 6.07) is 14.0. The van der Waals surface area contributed by atoms with Crippen LogP contribution < -0.4 is 25.9 Å². The van der Waals surface area contributed by atoms with Crippen molar-refractivity contribution >= 4 is 22.6 Å². The maximum absolute atomic E-state index is 12.8. The van der Waals surface area contributed by atoms with Crippen LogP contribution in [0.5, 0.6) is 11.5 Å². The van der Waals surface area contributed by atoms with Gasteiger partial charge in [-0.25, -0.2) is 4.68 Å². The quantitative estimate of drug-likeness (QED) is 0.332. The van der Waals surface area contributed by atoms with E-state index in [-0.39, 0.29) is 23.6 Å². The molecule has 3 aromatic rings. The SMILES string of the molecule is CCCCCn1nc(C(=O)NNC(=O)CCCOc2ccc(OC)cc2)c2ccccc2c1=O. The molecule has 3 rings (SSSR count). The zero-order valence-electron chi connectivity index (χ0n) is 19.5. The van der Waals surface area contributed by atoms with Crippen LogP contribution in [0.15, 0.2) is 53.3 Å². The summed E-state index contributed by atoms with van der Waals surface area (Å²) in [7, 11) is 1.59. The Kier molecular flexibility index (Phi) is 9.02. The second-order valence-corrected chi connectivity index (χ2v) is 7.76. The highest BCUT2D eigenvalue weighted by atomic mass is 16.5. The molecule has 0 aliphatic carbocycles. The van der Waals surface area contributed by atoms with Crippen molar-refractivity contribution in [3.8, 4) is 11.5 Å². The van der Waals surface area contributed by atoms with Crippen molar-refractivity contribution in [3.05, 3.63) is 64.6 Å². The lowest BCUT2D eigenvalue weighted by Crippen LogP contribution is -2.42. The highest BCUT2D eigenvalue weighted by molar-refractivity contribution is 6.05. The summed E-state index contributed by atoms with van der Waals surface area (Å²) in [6.07, 6.45) is 3.39. The molecule has 1 aromatic heterocycles. The van der Waals surface area contributed by atoms with Crippen molar-refractivity contribution in [1.29, 1.82) is 0 Å². The molecule has 0 fully saturated rings. The number of nitrogens with zero attached hydrogens (tertiary/aromatic N) is 2. The minimum absolute atomic E-state index is 0.0924. The van der Waals surface area contributed by atoms with Crippen molar-refractivity contribution in [2.45, 2.75) is 45.6 Å². The molecule has 2 N–H and O–H groups in total. The van der Waals surface area contributed by atoms with Gasteiger partial charge in [0.05, 0.1) is 19.1 Å². The number of rotatable bonds is 11. The number of nitrogens with one attached hydrogen (secondary N) is 2. The number of hydrogen-bond acceptors (Lipinski definition) is 6. The van der Waals surface area contributed by atoms with E-state index < -0.39 is 5.91 Å². The maximum atomic E-state index is 12.8. The summed E-state index contributed by atoms with van der Waals surface area (Å²) in [5.41, 5.74) is 4.67. The van der Waals surface area contributed by atoms with Crippen LogP contribution in [0.1, 0.15) is 49.5 Å². The lowest BCUT2D eigenvalue weighted by atomic mass is 10.1. The fourth-order valence-corrected chi connectivity index (χ4v) is 3.41. The zero-order chi connectivity index (χ0) is 24.3. The Morgan fingerprint density at radius 1 is 0.941 bits per heavy atom. The van der Waals surface area contributed by atoms with E-state index in [1.807, 2.05) is 0 Å². The molecule has 34 heavy (non-hydrogen) atoms. The molecular formula is C25H30N4O5. The number of hydrogen-bond donors (Lipinski definition) is 2. The molecule has 0 unspecified atom stereocenters. The van der Waals surface area contributed by atoms with Crippen molar-refractivity contribution in [2.75, 3.05) is 13.7 Å². The monoisotopic (exact) mass is 466 g/mol. The number of hydrazine groups is 1. The van der Waals surface area contributed by atoms with E-state index in [2.05, 4.69) is 22.9 Å². The first kappa shape index (κ1) is 24.8. The van der Waals surface area contributed by atoms with Crippen LogP contribution in [-0.2, 0) is 11.3 Å². The third-order valence-corrected chi connectivity index (χ3v) is 5.25. The smallest absolute Gasteiger partial charge is 0.290 e. The minimum atomic E-state index is -0.580. The topological polar surface area (TPSA) is 112 Å². The van der Waals surface area contributed by atoms with Gasteiger partial charge in [-0.1, -0.05) is 38.0 Å². The number of amides is 2. The molecule has 0 atom stereocenters. The maximum Gasteiger partial charge on any atom is 0.290 e. The minimum Gasteiger partial charge on any atom is -0.497 e. The van der Waals surface area contributed by atoms with Crippen LogP contribution in [0.25, 0.3) is 10.8 Å². The Balaban J connectivity index is 1.55. The van der Waals surface area contributed by atoms with Gasteiger partial charge < -0.3 is 9.47 Å². The molecule has 0 aliphatic heterocycles. The number of carbonyl (C=O) groups excluding carboxylic acids is 2. The third-order valence-electron chi connectivity index (χ3n) is 5.25. The molecule has 1 heterocycles. The Hall–Kier alpha value is -3.88. The van der Waals surface area contributed by atoms with Crippen LogP contribution >= 0.6 is 0 Å². The zero-order valence-corrected chi connectivity index (χ0v) is 19.5. The first-order chi connectivity index (χ1) is 16.5. The first-order valence-electron chi connectivity index (χ1n) is 11.4. The van der Waals surface area contributed by atoms with Crippen molar-refractivity contribution in [3.63, 3.8) is 0 Å². The summed E-state index contributed by atoms with van der Waals surface area (Å²) in [6.45, 7) is 2.85. The number of ether oxygens (including phenoxy) is 2. The molecule has 180 valence electrons. The number of methoxy groups -OCH3 is 1. The third kappa shape index (κ3) is 6.57. The Morgan fingerprint density at radius 2 is 1.65 bits per heavy atom. The molecule has 0 spiro atoms. The van der Waals surface area contributed by atoms with Crippen molar-refractivity contribution in [1.82, 2.24) is 20.6 Å². The number of aromatic nitrogens is 2. The van der Waals surface area contributed by atoms with Gasteiger partial charge in [0.1, 0.15) is 11.5 Å². The van der Waals surface area contributed by atoms with E-state index in [0.717, 1.165) is 25.0 Å². The van der Waals surface area contributed by atoms with Gasteiger partial charge in [0, 0.05) is 18.4 Å². The van der Waals surface area contributed by atoms with Gasteiger partial charge in [-0.05, 0) is 43.2 Å². The van der Waals surface area contributed by atoms with E-state index in [1.165, 1.54) is 4.68 Å². The summed E-state index contributed by atoms with van der Waals surface area (Å²) in [4.78, 5) is 37.7. The van der Waals surface area contributed by atoms with Gasteiger partial charge in [-0.3, -0.25) is 25.2 Å². The van der Waals surface area contributed by atoms with E-state index >= 15 is 0 Å². The number of carbonyl (C=O) groups is 2. The fourth-order valence-electron chi connectivity index (χ4n) is 3.41. The lowest BCUT2D eigenvalue weighted by Gasteiger charge is -2.12. The van der Waals surface area contributed by atoms with Crippen LogP contribution in [0.3, 0.4) is 0 Å². The van der Waals surface area contributed by atoms with Crippen LogP contribution in [0.2, 0.25) is 0 Å². The molecule has 2 amide bonds. The normalized spacial score (nSPS) is 10.6. The number of fused-ring (bicyclic) bond motifs is 1.